The number of amides is 1. The van der Waals surface area contributed by atoms with E-state index < -0.39 is 23.2 Å². The number of aromatic nitrogens is 2. The molecule has 154 valence electrons. The molecule has 0 spiro atoms. The Morgan fingerprint density at radius 2 is 1.90 bits per heavy atom. The minimum Gasteiger partial charge on any atom is -0.505 e. The van der Waals surface area contributed by atoms with Gasteiger partial charge in [-0.05, 0) is 48.9 Å². The number of esters is 1. The standard InChI is InChI=1S/C21H18BrN3O5/c1-2-10-30-21(29)13-4-3-5-15(11-13)23-20(28)19-17(26)12-18(27)25(24-19)16-8-6-14(22)7-9-16/h3-9,11-12,26H,2,10H2,1H3,(H,23,28). The van der Waals surface area contributed by atoms with Crippen molar-refractivity contribution in [1.29, 1.82) is 0 Å². The van der Waals surface area contributed by atoms with Crippen LogP contribution in [0, 0.1) is 0 Å². The van der Waals surface area contributed by atoms with E-state index in [4.69, 9.17) is 4.74 Å². The maximum Gasteiger partial charge on any atom is 0.338 e. The summed E-state index contributed by atoms with van der Waals surface area (Å²) in [6.45, 7) is 2.18. The largest absolute Gasteiger partial charge is 0.505 e. The molecule has 3 aromatic rings. The molecule has 3 rings (SSSR count). The minimum absolute atomic E-state index is 0.276. The van der Waals surface area contributed by atoms with Crippen molar-refractivity contribution in [1.82, 2.24) is 9.78 Å². The van der Waals surface area contributed by atoms with Crippen molar-refractivity contribution in [2.45, 2.75) is 13.3 Å². The first-order valence-corrected chi connectivity index (χ1v) is 9.86. The van der Waals surface area contributed by atoms with Gasteiger partial charge in [-0.15, -0.1) is 0 Å². The number of benzene rings is 2. The fraction of sp³-hybridized carbons (Fsp3) is 0.143. The minimum atomic E-state index is -0.738. The van der Waals surface area contributed by atoms with E-state index in [0.29, 0.717) is 24.4 Å². The Morgan fingerprint density at radius 1 is 1.17 bits per heavy atom. The van der Waals surface area contributed by atoms with Crippen LogP contribution in [0.1, 0.15) is 34.2 Å². The average Bonchev–Trinajstić information content (AvgIpc) is 2.73. The molecule has 0 radical (unpaired) electrons. The zero-order valence-electron chi connectivity index (χ0n) is 16.0. The Labute approximate surface area is 180 Å². The number of anilines is 1. The van der Waals surface area contributed by atoms with Crippen LogP contribution in [0.15, 0.2) is 63.9 Å². The predicted molar refractivity (Wildman–Crippen MR) is 114 cm³/mol. The van der Waals surface area contributed by atoms with Crippen LogP contribution in [0.3, 0.4) is 0 Å². The Bertz CT molecular complexity index is 1140. The SMILES string of the molecule is CCCOC(=O)c1cccc(NC(=O)c2nn(-c3ccc(Br)cc3)c(=O)cc2O)c1. The summed E-state index contributed by atoms with van der Waals surface area (Å²) in [5.74, 6) is -1.79. The second-order valence-electron chi connectivity index (χ2n) is 6.28. The number of rotatable bonds is 6. The van der Waals surface area contributed by atoms with E-state index in [1.165, 1.54) is 6.07 Å². The molecule has 1 aromatic heterocycles. The van der Waals surface area contributed by atoms with Crippen molar-refractivity contribution in [3.05, 3.63) is 80.7 Å². The molecule has 1 amide bonds. The highest BCUT2D eigenvalue weighted by atomic mass is 79.9. The smallest absolute Gasteiger partial charge is 0.338 e. The van der Waals surface area contributed by atoms with Crippen molar-refractivity contribution >= 4 is 33.5 Å². The van der Waals surface area contributed by atoms with Crippen LogP contribution in [-0.4, -0.2) is 33.4 Å². The van der Waals surface area contributed by atoms with Crippen LogP contribution in [-0.2, 0) is 4.74 Å². The number of carbonyl (C=O) groups is 2. The van der Waals surface area contributed by atoms with Gasteiger partial charge in [0.25, 0.3) is 11.5 Å². The number of aromatic hydroxyl groups is 1. The Balaban J connectivity index is 1.87. The molecule has 9 heteroatoms. The van der Waals surface area contributed by atoms with Crippen LogP contribution in [0.5, 0.6) is 5.75 Å². The zero-order valence-corrected chi connectivity index (χ0v) is 17.5. The van der Waals surface area contributed by atoms with E-state index in [1.54, 1.807) is 42.5 Å². The molecule has 30 heavy (non-hydrogen) atoms. The molecule has 2 aromatic carbocycles. The van der Waals surface area contributed by atoms with Crippen LogP contribution in [0.4, 0.5) is 5.69 Å². The molecular weight excluding hydrogens is 454 g/mol. The first-order valence-electron chi connectivity index (χ1n) is 9.07. The molecule has 0 atom stereocenters. The van der Waals surface area contributed by atoms with Gasteiger partial charge in [-0.1, -0.05) is 28.9 Å². The molecule has 1 heterocycles. The van der Waals surface area contributed by atoms with Gasteiger partial charge in [0.15, 0.2) is 11.4 Å². The molecule has 2 N–H and O–H groups in total. The number of nitrogens with zero attached hydrogens (tertiary/aromatic N) is 2. The molecule has 0 aliphatic heterocycles. The van der Waals surface area contributed by atoms with Gasteiger partial charge in [0, 0.05) is 16.2 Å². The number of halogens is 1. The second-order valence-corrected chi connectivity index (χ2v) is 7.19. The number of hydrogen-bond acceptors (Lipinski definition) is 6. The van der Waals surface area contributed by atoms with E-state index in [0.717, 1.165) is 15.2 Å². The van der Waals surface area contributed by atoms with E-state index in [1.807, 2.05) is 6.92 Å². The average molecular weight is 472 g/mol. The highest BCUT2D eigenvalue weighted by molar-refractivity contribution is 9.10. The van der Waals surface area contributed by atoms with Crippen molar-refractivity contribution in [2.75, 3.05) is 11.9 Å². The summed E-state index contributed by atoms with van der Waals surface area (Å²) < 4.78 is 6.91. The third kappa shape index (κ3) is 4.93. The number of nitrogens with one attached hydrogen (secondary N) is 1. The fourth-order valence-electron chi connectivity index (χ4n) is 2.57. The monoisotopic (exact) mass is 471 g/mol. The highest BCUT2D eigenvalue weighted by Crippen LogP contribution is 2.18. The van der Waals surface area contributed by atoms with Gasteiger partial charge < -0.3 is 15.2 Å². The summed E-state index contributed by atoms with van der Waals surface area (Å²) in [5.41, 5.74) is 0.0910. The Morgan fingerprint density at radius 3 is 2.60 bits per heavy atom. The van der Waals surface area contributed by atoms with Gasteiger partial charge in [0.05, 0.1) is 17.9 Å². The van der Waals surface area contributed by atoms with Crippen LogP contribution < -0.4 is 10.9 Å². The number of hydrogen-bond donors (Lipinski definition) is 2. The van der Waals surface area contributed by atoms with Crippen LogP contribution in [0.25, 0.3) is 5.69 Å². The fourth-order valence-corrected chi connectivity index (χ4v) is 2.83. The molecule has 0 fully saturated rings. The van der Waals surface area contributed by atoms with E-state index in [-0.39, 0.29) is 11.3 Å². The molecule has 0 bridgehead atoms. The van der Waals surface area contributed by atoms with Gasteiger partial charge >= 0.3 is 5.97 Å². The predicted octanol–water partition coefficient (Wildman–Crippen LogP) is 3.52. The highest BCUT2D eigenvalue weighted by Gasteiger charge is 2.18. The Hall–Kier alpha value is -3.46. The second kappa shape index (κ2) is 9.36. The first kappa shape index (κ1) is 21.3. The lowest BCUT2D eigenvalue weighted by molar-refractivity contribution is 0.0505. The molecule has 8 nitrogen and oxygen atoms in total. The lowest BCUT2D eigenvalue weighted by Crippen LogP contribution is -2.25. The summed E-state index contributed by atoms with van der Waals surface area (Å²) in [6.07, 6.45) is 0.696. The summed E-state index contributed by atoms with van der Waals surface area (Å²) in [5, 5.41) is 16.6. The molecule has 0 saturated heterocycles. The number of carbonyl (C=O) groups excluding carboxylic acids is 2. The van der Waals surface area contributed by atoms with Crippen molar-refractivity contribution in [2.24, 2.45) is 0 Å². The molecule has 0 saturated carbocycles. The number of ether oxygens (including phenoxy) is 1. The zero-order chi connectivity index (χ0) is 21.7. The quantitative estimate of drug-likeness (QED) is 0.532. The van der Waals surface area contributed by atoms with Crippen LogP contribution >= 0.6 is 15.9 Å². The van der Waals surface area contributed by atoms with Crippen molar-refractivity contribution in [3.8, 4) is 11.4 Å². The van der Waals surface area contributed by atoms with Crippen molar-refractivity contribution < 1.29 is 19.4 Å². The maximum atomic E-state index is 12.7. The molecular formula is C21H18BrN3O5. The molecule has 0 aliphatic rings. The maximum absolute atomic E-state index is 12.7. The van der Waals surface area contributed by atoms with Crippen LogP contribution in [0.2, 0.25) is 0 Å². The van der Waals surface area contributed by atoms with Crippen molar-refractivity contribution in [3.63, 3.8) is 0 Å². The third-order valence-corrected chi connectivity index (χ3v) is 4.52. The molecule has 0 unspecified atom stereocenters. The van der Waals surface area contributed by atoms with Gasteiger partial charge in [0.1, 0.15) is 0 Å². The lowest BCUT2D eigenvalue weighted by atomic mass is 10.2. The third-order valence-electron chi connectivity index (χ3n) is 3.99. The van der Waals surface area contributed by atoms with E-state index in [2.05, 4.69) is 26.3 Å². The topological polar surface area (TPSA) is 111 Å². The normalized spacial score (nSPS) is 10.5. The summed E-state index contributed by atoms with van der Waals surface area (Å²) in [6, 6.07) is 13.8. The van der Waals surface area contributed by atoms with E-state index in [9.17, 15) is 19.5 Å². The summed E-state index contributed by atoms with van der Waals surface area (Å²) in [4.78, 5) is 36.9. The summed E-state index contributed by atoms with van der Waals surface area (Å²) >= 11 is 3.31. The van der Waals surface area contributed by atoms with E-state index >= 15 is 0 Å². The molecule has 0 aliphatic carbocycles. The van der Waals surface area contributed by atoms with Gasteiger partial charge in [-0.25, -0.2) is 4.79 Å². The van der Waals surface area contributed by atoms with Gasteiger partial charge in [-0.3, -0.25) is 9.59 Å². The Kier molecular flexibility index (Phi) is 6.63. The van der Waals surface area contributed by atoms with Gasteiger partial charge in [0.2, 0.25) is 0 Å². The first-order chi connectivity index (χ1) is 14.4. The van der Waals surface area contributed by atoms with Gasteiger partial charge in [-0.2, -0.15) is 9.78 Å². The lowest BCUT2D eigenvalue weighted by Gasteiger charge is -2.10. The summed E-state index contributed by atoms with van der Waals surface area (Å²) in [7, 11) is 0.